The second kappa shape index (κ2) is 5.79. The van der Waals surface area contributed by atoms with E-state index in [0.29, 0.717) is 17.2 Å². The summed E-state index contributed by atoms with van der Waals surface area (Å²) >= 11 is 0. The fourth-order valence-electron chi connectivity index (χ4n) is 2.87. The van der Waals surface area contributed by atoms with E-state index in [2.05, 4.69) is 9.97 Å². The van der Waals surface area contributed by atoms with E-state index in [-0.39, 0.29) is 0 Å². The monoisotopic (exact) mass is 332 g/mol. The quantitative estimate of drug-likeness (QED) is 0.626. The van der Waals surface area contributed by atoms with Gasteiger partial charge in [-0.15, -0.1) is 0 Å². The zero-order valence-corrected chi connectivity index (χ0v) is 13.6. The van der Waals surface area contributed by atoms with E-state index >= 15 is 0 Å². The van der Waals surface area contributed by atoms with Gasteiger partial charge < -0.3 is 10.3 Å². The highest BCUT2D eigenvalue weighted by molar-refractivity contribution is 6.00. The molecule has 0 aliphatic carbocycles. The summed E-state index contributed by atoms with van der Waals surface area (Å²) < 4.78 is 3.81. The van der Waals surface area contributed by atoms with E-state index in [4.69, 9.17) is 5.73 Å². The summed E-state index contributed by atoms with van der Waals surface area (Å²) in [5, 5.41) is 1.04. The summed E-state index contributed by atoms with van der Waals surface area (Å²) in [6.45, 7) is 0. The third-order valence-corrected chi connectivity index (χ3v) is 4.11. The number of benzene rings is 1. The first-order valence-corrected chi connectivity index (χ1v) is 7.72. The van der Waals surface area contributed by atoms with Crippen molar-refractivity contribution in [3.8, 4) is 5.82 Å². The highest BCUT2D eigenvalue weighted by atomic mass is 16.2. The Bertz CT molecular complexity index is 1030. The van der Waals surface area contributed by atoms with Crippen LogP contribution < -0.4 is 10.6 Å². The minimum absolute atomic E-state index is 0.563. The van der Waals surface area contributed by atoms with Gasteiger partial charge in [-0.25, -0.2) is 14.8 Å². The van der Waals surface area contributed by atoms with E-state index in [9.17, 15) is 4.79 Å². The van der Waals surface area contributed by atoms with Gasteiger partial charge in [0.1, 0.15) is 12.1 Å². The maximum absolute atomic E-state index is 12.1. The average Bonchev–Trinajstić information content (AvgIpc) is 3.26. The normalized spacial score (nSPS) is 10.9. The van der Waals surface area contributed by atoms with Crippen LogP contribution in [0.5, 0.6) is 0 Å². The standard InChI is InChI=1S/C18H16N6O/c1-22-8-6-13-10-14(2-4-16(13)22)24(18(19)25)15-3-5-17(21-11-15)23-9-7-20-12-23/h2-12H,1H3,(H2,19,25). The highest BCUT2D eigenvalue weighted by Gasteiger charge is 2.16. The Hall–Kier alpha value is -3.61. The minimum Gasteiger partial charge on any atom is -0.351 e. The molecule has 0 aliphatic rings. The molecule has 3 aromatic heterocycles. The molecule has 0 bridgehead atoms. The molecule has 7 heteroatoms. The molecule has 2 amide bonds. The van der Waals surface area contributed by atoms with E-state index in [0.717, 1.165) is 10.9 Å². The van der Waals surface area contributed by atoms with Crippen LogP contribution >= 0.6 is 0 Å². The van der Waals surface area contributed by atoms with E-state index in [1.54, 1.807) is 29.5 Å². The molecule has 2 N–H and O–H groups in total. The van der Waals surface area contributed by atoms with Crippen molar-refractivity contribution in [2.24, 2.45) is 12.8 Å². The number of primary amides is 1. The maximum atomic E-state index is 12.1. The number of fused-ring (bicyclic) bond motifs is 1. The van der Waals surface area contributed by atoms with Crippen molar-refractivity contribution in [1.82, 2.24) is 19.1 Å². The predicted molar refractivity (Wildman–Crippen MR) is 96.0 cm³/mol. The van der Waals surface area contributed by atoms with Crippen LogP contribution in [0.4, 0.5) is 16.2 Å². The Balaban J connectivity index is 1.74. The average molecular weight is 332 g/mol. The van der Waals surface area contributed by atoms with Gasteiger partial charge in [-0.3, -0.25) is 9.47 Å². The number of nitrogens with zero attached hydrogens (tertiary/aromatic N) is 5. The number of hydrogen-bond acceptors (Lipinski definition) is 3. The lowest BCUT2D eigenvalue weighted by atomic mass is 10.2. The van der Waals surface area contributed by atoms with Crippen molar-refractivity contribution in [3.05, 3.63) is 67.5 Å². The molecule has 7 nitrogen and oxygen atoms in total. The number of imidazole rings is 1. The number of aryl methyl sites for hydroxylation is 1. The van der Waals surface area contributed by atoms with Crippen LogP contribution in [-0.2, 0) is 7.05 Å². The van der Waals surface area contributed by atoms with Crippen molar-refractivity contribution in [2.75, 3.05) is 4.90 Å². The predicted octanol–water partition coefficient (Wildman–Crippen LogP) is 2.98. The molecule has 0 atom stereocenters. The Labute approximate surface area is 143 Å². The number of nitrogens with two attached hydrogens (primary N) is 1. The molecule has 0 saturated carbocycles. The SMILES string of the molecule is Cn1ccc2cc(N(C(N)=O)c3ccc(-n4ccnc4)nc3)ccc21. The number of hydrogen-bond donors (Lipinski definition) is 1. The first-order chi connectivity index (χ1) is 12.1. The number of carbonyl (C=O) groups excluding carboxylic acids is 1. The van der Waals surface area contributed by atoms with Crippen molar-refractivity contribution >= 4 is 28.3 Å². The molecule has 4 rings (SSSR count). The van der Waals surface area contributed by atoms with Gasteiger partial charge in [-0.1, -0.05) is 0 Å². The van der Waals surface area contributed by atoms with Gasteiger partial charge in [0.25, 0.3) is 0 Å². The van der Waals surface area contributed by atoms with Gasteiger partial charge in [-0.05, 0) is 36.4 Å². The molecular formula is C18H16N6O. The van der Waals surface area contributed by atoms with Crippen molar-refractivity contribution in [2.45, 2.75) is 0 Å². The van der Waals surface area contributed by atoms with Gasteiger partial charge in [0, 0.05) is 36.5 Å². The summed E-state index contributed by atoms with van der Waals surface area (Å²) in [7, 11) is 1.98. The van der Waals surface area contributed by atoms with Crippen molar-refractivity contribution in [3.63, 3.8) is 0 Å². The van der Waals surface area contributed by atoms with E-state index in [1.807, 2.05) is 54.2 Å². The summed E-state index contributed by atoms with van der Waals surface area (Å²) in [4.78, 5) is 21.9. The van der Waals surface area contributed by atoms with Gasteiger partial charge in [-0.2, -0.15) is 0 Å². The molecule has 124 valence electrons. The van der Waals surface area contributed by atoms with E-state index < -0.39 is 6.03 Å². The Morgan fingerprint density at radius 3 is 2.64 bits per heavy atom. The maximum Gasteiger partial charge on any atom is 0.323 e. The van der Waals surface area contributed by atoms with Crippen LogP contribution in [0, 0.1) is 0 Å². The summed E-state index contributed by atoms with van der Waals surface area (Å²) in [5.74, 6) is 0.712. The molecule has 0 spiro atoms. The first-order valence-electron chi connectivity index (χ1n) is 7.72. The molecule has 4 aromatic rings. The molecule has 0 saturated heterocycles. The molecular weight excluding hydrogens is 316 g/mol. The topological polar surface area (TPSA) is 82.0 Å². The third kappa shape index (κ3) is 2.61. The second-order valence-corrected chi connectivity index (χ2v) is 5.69. The number of urea groups is 1. The van der Waals surface area contributed by atoms with Crippen LogP contribution in [0.25, 0.3) is 16.7 Å². The Kier molecular flexibility index (Phi) is 3.46. The molecule has 0 aliphatic heterocycles. The number of pyridine rings is 1. The zero-order chi connectivity index (χ0) is 17.4. The van der Waals surface area contributed by atoms with Gasteiger partial charge in [0.15, 0.2) is 0 Å². The Morgan fingerprint density at radius 1 is 1.12 bits per heavy atom. The highest BCUT2D eigenvalue weighted by Crippen LogP contribution is 2.28. The van der Waals surface area contributed by atoms with Gasteiger partial charge in [0.2, 0.25) is 0 Å². The number of aromatic nitrogens is 4. The second-order valence-electron chi connectivity index (χ2n) is 5.69. The van der Waals surface area contributed by atoms with Crippen LogP contribution in [-0.4, -0.2) is 25.1 Å². The summed E-state index contributed by atoms with van der Waals surface area (Å²) in [6.07, 6.45) is 8.74. The molecule has 25 heavy (non-hydrogen) atoms. The number of amides is 2. The smallest absolute Gasteiger partial charge is 0.323 e. The lowest BCUT2D eigenvalue weighted by Gasteiger charge is -2.20. The number of anilines is 2. The third-order valence-electron chi connectivity index (χ3n) is 4.11. The largest absolute Gasteiger partial charge is 0.351 e. The fraction of sp³-hybridized carbons (Fsp3) is 0.0556. The van der Waals surface area contributed by atoms with Crippen LogP contribution in [0.1, 0.15) is 0 Å². The van der Waals surface area contributed by atoms with Gasteiger partial charge >= 0.3 is 6.03 Å². The fourth-order valence-corrected chi connectivity index (χ4v) is 2.87. The summed E-state index contributed by atoms with van der Waals surface area (Å²) in [5.41, 5.74) is 8.01. The zero-order valence-electron chi connectivity index (χ0n) is 13.6. The molecule has 0 fully saturated rings. The number of carbonyl (C=O) groups is 1. The van der Waals surface area contributed by atoms with Crippen molar-refractivity contribution in [1.29, 1.82) is 0 Å². The molecule has 1 aromatic carbocycles. The van der Waals surface area contributed by atoms with Crippen LogP contribution in [0.2, 0.25) is 0 Å². The number of rotatable bonds is 3. The van der Waals surface area contributed by atoms with E-state index in [1.165, 1.54) is 4.90 Å². The molecule has 0 radical (unpaired) electrons. The lowest BCUT2D eigenvalue weighted by Crippen LogP contribution is -2.31. The van der Waals surface area contributed by atoms with Crippen molar-refractivity contribution < 1.29 is 4.79 Å². The van der Waals surface area contributed by atoms with Crippen LogP contribution in [0.3, 0.4) is 0 Å². The van der Waals surface area contributed by atoms with Crippen LogP contribution in [0.15, 0.2) is 67.5 Å². The lowest BCUT2D eigenvalue weighted by molar-refractivity contribution is 0.256. The minimum atomic E-state index is -0.563. The Morgan fingerprint density at radius 2 is 1.96 bits per heavy atom. The molecule has 0 unspecified atom stereocenters. The summed E-state index contributed by atoms with van der Waals surface area (Å²) in [6, 6.07) is 10.8. The first kappa shape index (κ1) is 14.9. The molecule has 3 heterocycles. The van der Waals surface area contributed by atoms with Gasteiger partial charge in [0.05, 0.1) is 17.6 Å².